The smallest absolute Gasteiger partial charge is 0.264 e. The predicted molar refractivity (Wildman–Crippen MR) is 121 cm³/mol. The lowest BCUT2D eigenvalue weighted by Gasteiger charge is -2.33. The van der Waals surface area contributed by atoms with Gasteiger partial charge in [0.05, 0.1) is 10.6 Å². The first kappa shape index (κ1) is 21.3. The maximum Gasteiger partial charge on any atom is 0.264 e. The summed E-state index contributed by atoms with van der Waals surface area (Å²) in [5, 5.41) is 5.74. The quantitative estimate of drug-likeness (QED) is 0.726. The second kappa shape index (κ2) is 9.08. The Labute approximate surface area is 183 Å². The fourth-order valence-electron chi connectivity index (χ4n) is 4.72. The molecule has 30 heavy (non-hydrogen) atoms. The van der Waals surface area contributed by atoms with Gasteiger partial charge in [0.15, 0.2) is 0 Å². The van der Waals surface area contributed by atoms with Crippen molar-refractivity contribution in [2.45, 2.75) is 65.8 Å². The summed E-state index contributed by atoms with van der Waals surface area (Å²) in [6.45, 7) is 10.4. The Morgan fingerprint density at radius 3 is 2.37 bits per heavy atom. The normalized spacial score (nSPS) is 18.9. The molecule has 2 aliphatic rings. The Kier molecular flexibility index (Phi) is 6.46. The van der Waals surface area contributed by atoms with Gasteiger partial charge in [-0.1, -0.05) is 26.7 Å². The number of thiophene rings is 1. The van der Waals surface area contributed by atoms with Crippen molar-refractivity contribution in [1.29, 1.82) is 0 Å². The molecule has 6 nitrogen and oxygen atoms in total. The number of rotatable bonds is 4. The van der Waals surface area contributed by atoms with E-state index in [0.717, 1.165) is 66.1 Å². The van der Waals surface area contributed by atoms with E-state index in [9.17, 15) is 9.59 Å². The van der Waals surface area contributed by atoms with Gasteiger partial charge in [-0.15, -0.1) is 11.3 Å². The minimum absolute atomic E-state index is 0.0800. The third-order valence-electron chi connectivity index (χ3n) is 6.41. The van der Waals surface area contributed by atoms with Crippen LogP contribution in [0.1, 0.15) is 67.7 Å². The summed E-state index contributed by atoms with van der Waals surface area (Å²) in [5.74, 6) is 1.01. The van der Waals surface area contributed by atoms with E-state index in [2.05, 4.69) is 23.8 Å². The van der Waals surface area contributed by atoms with Crippen LogP contribution in [0.3, 0.4) is 0 Å². The van der Waals surface area contributed by atoms with Crippen molar-refractivity contribution in [2.24, 2.45) is 11.8 Å². The van der Waals surface area contributed by atoms with Crippen LogP contribution in [0.5, 0.6) is 0 Å². The molecule has 0 atom stereocenters. The van der Waals surface area contributed by atoms with Crippen LogP contribution < -0.4 is 0 Å². The Bertz CT molecular complexity index is 900. The van der Waals surface area contributed by atoms with Gasteiger partial charge in [0.1, 0.15) is 4.83 Å². The number of hydrogen-bond donors (Lipinski definition) is 0. The lowest BCUT2D eigenvalue weighted by atomic mass is 9.95. The number of fused-ring (bicyclic) bond motifs is 1. The second-order valence-corrected chi connectivity index (χ2v) is 10.3. The minimum atomic E-state index is 0.0800. The van der Waals surface area contributed by atoms with E-state index in [0.29, 0.717) is 24.9 Å². The number of aromatic nitrogens is 2. The van der Waals surface area contributed by atoms with E-state index in [1.807, 2.05) is 22.6 Å². The lowest BCUT2D eigenvalue weighted by Crippen LogP contribution is -2.44. The molecule has 2 saturated heterocycles. The van der Waals surface area contributed by atoms with Gasteiger partial charge in [-0.05, 0) is 44.6 Å². The molecule has 2 aromatic heterocycles. The van der Waals surface area contributed by atoms with Crippen molar-refractivity contribution in [1.82, 2.24) is 19.6 Å². The van der Waals surface area contributed by atoms with Crippen LogP contribution in [0.2, 0.25) is 0 Å². The Balaban J connectivity index is 1.40. The summed E-state index contributed by atoms with van der Waals surface area (Å²) in [7, 11) is 0. The summed E-state index contributed by atoms with van der Waals surface area (Å²) in [6, 6.07) is 2.01. The summed E-state index contributed by atoms with van der Waals surface area (Å²) in [5.41, 5.74) is 0.989. The zero-order valence-corrected chi connectivity index (χ0v) is 19.3. The zero-order chi connectivity index (χ0) is 21.3. The monoisotopic (exact) mass is 430 g/mol. The van der Waals surface area contributed by atoms with Crippen LogP contribution in [0.4, 0.5) is 0 Å². The molecule has 0 saturated carbocycles. The zero-order valence-electron chi connectivity index (χ0n) is 18.5. The maximum absolute atomic E-state index is 13.1. The van der Waals surface area contributed by atoms with Gasteiger partial charge in [-0.2, -0.15) is 5.10 Å². The van der Waals surface area contributed by atoms with Crippen LogP contribution in [-0.4, -0.2) is 57.6 Å². The number of amides is 2. The highest BCUT2D eigenvalue weighted by Gasteiger charge is 2.31. The SMILES string of the molecule is Cc1nn(CC(C)C)c2sc(C(=O)N3CCC(C(=O)N4CCCCCC4)CC3)cc12. The van der Waals surface area contributed by atoms with E-state index in [4.69, 9.17) is 0 Å². The average molecular weight is 431 g/mol. The van der Waals surface area contributed by atoms with Crippen molar-refractivity contribution < 1.29 is 9.59 Å². The van der Waals surface area contributed by atoms with Crippen LogP contribution in [0.25, 0.3) is 10.2 Å². The molecule has 0 unspecified atom stereocenters. The van der Waals surface area contributed by atoms with Crippen molar-refractivity contribution in [3.8, 4) is 0 Å². The maximum atomic E-state index is 13.1. The fraction of sp³-hybridized carbons (Fsp3) is 0.696. The molecule has 0 bridgehead atoms. The number of carbonyl (C=O) groups excluding carboxylic acids is 2. The summed E-state index contributed by atoms with van der Waals surface area (Å²) < 4.78 is 2.04. The van der Waals surface area contributed by atoms with Crippen molar-refractivity contribution >= 4 is 33.4 Å². The second-order valence-electron chi connectivity index (χ2n) is 9.30. The number of carbonyl (C=O) groups is 2. The van der Waals surface area contributed by atoms with Crippen molar-refractivity contribution in [2.75, 3.05) is 26.2 Å². The molecule has 2 amide bonds. The molecule has 0 radical (unpaired) electrons. The molecule has 2 fully saturated rings. The van der Waals surface area contributed by atoms with Crippen LogP contribution in [0.15, 0.2) is 6.07 Å². The molecular formula is C23H34N4O2S. The highest BCUT2D eigenvalue weighted by molar-refractivity contribution is 7.20. The molecule has 0 aliphatic carbocycles. The third-order valence-corrected chi connectivity index (χ3v) is 7.54. The standard InChI is InChI=1S/C23H34N4O2S/c1-16(2)15-27-23-19(17(3)24-27)14-20(30-23)22(29)26-12-8-18(9-13-26)21(28)25-10-6-4-5-7-11-25/h14,16,18H,4-13,15H2,1-3H3. The molecule has 164 valence electrons. The number of piperidine rings is 1. The first-order valence-corrected chi connectivity index (χ1v) is 12.3. The topological polar surface area (TPSA) is 58.4 Å². The molecule has 2 aliphatic heterocycles. The minimum Gasteiger partial charge on any atom is -0.342 e. The lowest BCUT2D eigenvalue weighted by molar-refractivity contribution is -0.136. The van der Waals surface area contributed by atoms with Gasteiger partial charge in [0.25, 0.3) is 5.91 Å². The molecule has 7 heteroatoms. The molecule has 0 N–H and O–H groups in total. The molecular weight excluding hydrogens is 396 g/mol. The van der Waals surface area contributed by atoms with Gasteiger partial charge in [0.2, 0.25) is 5.91 Å². The largest absolute Gasteiger partial charge is 0.342 e. The molecule has 2 aromatic rings. The van der Waals surface area contributed by atoms with Crippen LogP contribution in [0, 0.1) is 18.8 Å². The van der Waals surface area contributed by atoms with Crippen LogP contribution >= 0.6 is 11.3 Å². The number of likely N-dealkylation sites (tertiary alicyclic amines) is 2. The van der Waals surface area contributed by atoms with Gasteiger partial charge >= 0.3 is 0 Å². The molecule has 4 heterocycles. The molecule has 4 rings (SSSR count). The molecule has 0 spiro atoms. The van der Waals surface area contributed by atoms with E-state index in [1.165, 1.54) is 12.8 Å². The first-order chi connectivity index (χ1) is 14.4. The van der Waals surface area contributed by atoms with E-state index >= 15 is 0 Å². The highest BCUT2D eigenvalue weighted by atomic mass is 32.1. The highest BCUT2D eigenvalue weighted by Crippen LogP contribution is 2.31. The van der Waals surface area contributed by atoms with Gasteiger partial charge in [0, 0.05) is 44.0 Å². The van der Waals surface area contributed by atoms with Crippen molar-refractivity contribution in [3.63, 3.8) is 0 Å². The van der Waals surface area contributed by atoms with Crippen LogP contribution in [-0.2, 0) is 11.3 Å². The Hall–Kier alpha value is -1.89. The number of aryl methyl sites for hydroxylation is 1. The Morgan fingerprint density at radius 2 is 1.73 bits per heavy atom. The summed E-state index contributed by atoms with van der Waals surface area (Å²) in [6.07, 6.45) is 6.30. The number of hydrogen-bond acceptors (Lipinski definition) is 4. The van der Waals surface area contributed by atoms with E-state index in [1.54, 1.807) is 11.3 Å². The van der Waals surface area contributed by atoms with E-state index in [-0.39, 0.29) is 11.8 Å². The van der Waals surface area contributed by atoms with Gasteiger partial charge in [-0.25, -0.2) is 0 Å². The predicted octanol–water partition coefficient (Wildman–Crippen LogP) is 4.32. The third kappa shape index (κ3) is 4.41. The fourth-order valence-corrected chi connectivity index (χ4v) is 5.86. The Morgan fingerprint density at radius 1 is 1.07 bits per heavy atom. The van der Waals surface area contributed by atoms with E-state index < -0.39 is 0 Å². The van der Waals surface area contributed by atoms with Gasteiger partial charge in [-0.3, -0.25) is 14.3 Å². The van der Waals surface area contributed by atoms with Crippen molar-refractivity contribution in [3.05, 3.63) is 16.6 Å². The summed E-state index contributed by atoms with van der Waals surface area (Å²) in [4.78, 5) is 32.0. The number of nitrogens with zero attached hydrogens (tertiary/aromatic N) is 4. The average Bonchev–Trinajstić information content (AvgIpc) is 3.16. The first-order valence-electron chi connectivity index (χ1n) is 11.5. The molecule has 0 aromatic carbocycles. The van der Waals surface area contributed by atoms with Gasteiger partial charge < -0.3 is 9.80 Å². The summed E-state index contributed by atoms with van der Waals surface area (Å²) >= 11 is 1.55.